The Hall–Kier alpha value is -2.54. The lowest BCUT2D eigenvalue weighted by Gasteiger charge is -2.11. The maximum absolute atomic E-state index is 12.2. The number of hydrogen-bond acceptors (Lipinski definition) is 4. The van der Waals surface area contributed by atoms with Crippen LogP contribution in [0.2, 0.25) is 0 Å². The van der Waals surface area contributed by atoms with Gasteiger partial charge in [-0.3, -0.25) is 9.52 Å². The lowest BCUT2D eigenvalue weighted by molar-refractivity contribution is 0.102. The summed E-state index contributed by atoms with van der Waals surface area (Å²) in [5.74, 6) is -0.527. The van der Waals surface area contributed by atoms with Crippen molar-refractivity contribution in [2.45, 2.75) is 13.8 Å². The van der Waals surface area contributed by atoms with Crippen LogP contribution < -0.4 is 10.0 Å². The van der Waals surface area contributed by atoms with Crippen molar-refractivity contribution < 1.29 is 18.3 Å². The van der Waals surface area contributed by atoms with Crippen LogP contribution in [-0.2, 0) is 10.0 Å². The molecule has 0 saturated heterocycles. The zero-order valence-corrected chi connectivity index (χ0v) is 13.9. The minimum atomic E-state index is -3.36. The van der Waals surface area contributed by atoms with Crippen LogP contribution in [-0.4, -0.2) is 25.7 Å². The van der Waals surface area contributed by atoms with Crippen molar-refractivity contribution in [1.82, 2.24) is 0 Å². The van der Waals surface area contributed by atoms with E-state index in [0.717, 1.165) is 11.8 Å². The number of sulfonamides is 1. The molecule has 0 spiro atoms. The van der Waals surface area contributed by atoms with Crippen LogP contribution in [0.4, 0.5) is 11.4 Å². The highest BCUT2D eigenvalue weighted by molar-refractivity contribution is 7.92. The maximum Gasteiger partial charge on any atom is 0.259 e. The van der Waals surface area contributed by atoms with Gasteiger partial charge in [-0.1, -0.05) is 6.07 Å². The molecule has 0 saturated carbocycles. The average molecular weight is 334 g/mol. The molecule has 6 nitrogen and oxygen atoms in total. The number of aryl methyl sites for hydroxylation is 2. The van der Waals surface area contributed by atoms with Gasteiger partial charge in [0.2, 0.25) is 10.0 Å². The van der Waals surface area contributed by atoms with E-state index >= 15 is 0 Å². The minimum absolute atomic E-state index is 0.0883. The average Bonchev–Trinajstić information content (AvgIpc) is 2.40. The van der Waals surface area contributed by atoms with Crippen LogP contribution >= 0.6 is 0 Å². The zero-order valence-electron chi connectivity index (χ0n) is 13.0. The first-order valence-corrected chi connectivity index (χ1v) is 8.74. The number of carbonyl (C=O) groups is 1. The fourth-order valence-corrected chi connectivity index (χ4v) is 2.72. The molecule has 0 aliphatic carbocycles. The molecule has 1 amide bonds. The second-order valence-corrected chi connectivity index (χ2v) is 7.13. The molecule has 0 radical (unpaired) electrons. The number of nitrogens with one attached hydrogen (secondary N) is 2. The number of phenolic OH excluding ortho intramolecular Hbond substituents is 1. The number of phenols is 1. The van der Waals surface area contributed by atoms with Crippen LogP contribution in [0, 0.1) is 13.8 Å². The molecule has 23 heavy (non-hydrogen) atoms. The highest BCUT2D eigenvalue weighted by Gasteiger charge is 2.12. The molecule has 2 aromatic carbocycles. The van der Waals surface area contributed by atoms with E-state index in [9.17, 15) is 18.3 Å². The number of aromatic hydroxyl groups is 1. The summed E-state index contributed by atoms with van der Waals surface area (Å²) in [6, 6.07) is 9.60. The molecule has 3 N–H and O–H groups in total. The first-order chi connectivity index (χ1) is 10.7. The third-order valence-corrected chi connectivity index (χ3v) is 3.77. The van der Waals surface area contributed by atoms with Crippen molar-refractivity contribution in [3.63, 3.8) is 0 Å². The van der Waals surface area contributed by atoms with E-state index in [4.69, 9.17) is 0 Å². The van der Waals surface area contributed by atoms with Gasteiger partial charge in [-0.2, -0.15) is 0 Å². The Labute approximate surface area is 135 Å². The Balaban J connectivity index is 2.20. The molecule has 0 atom stereocenters. The summed E-state index contributed by atoms with van der Waals surface area (Å²) in [7, 11) is -3.36. The summed E-state index contributed by atoms with van der Waals surface area (Å²) in [5.41, 5.74) is 2.65. The molecule has 0 aliphatic rings. The van der Waals surface area contributed by atoms with Crippen molar-refractivity contribution >= 4 is 27.3 Å². The third kappa shape index (κ3) is 4.46. The fourth-order valence-electron chi connectivity index (χ4n) is 2.09. The molecular weight excluding hydrogens is 316 g/mol. The third-order valence-electron chi connectivity index (χ3n) is 3.18. The molecule has 0 fully saturated rings. The van der Waals surface area contributed by atoms with Crippen molar-refractivity contribution in [2.24, 2.45) is 0 Å². The molecular formula is C16H18N2O4S. The molecule has 0 aliphatic heterocycles. The molecule has 2 rings (SSSR count). The Morgan fingerprint density at radius 3 is 2.35 bits per heavy atom. The second-order valence-electron chi connectivity index (χ2n) is 5.38. The summed E-state index contributed by atoms with van der Waals surface area (Å²) < 4.78 is 24.9. The van der Waals surface area contributed by atoms with Crippen molar-refractivity contribution in [3.8, 4) is 5.75 Å². The molecule has 0 bridgehead atoms. The number of carbonyl (C=O) groups excluding carboxylic acids is 1. The highest BCUT2D eigenvalue weighted by Crippen LogP contribution is 2.23. The standard InChI is InChI=1S/C16H18N2O4S/c1-10-4-6-13(15(19)8-10)16(20)17-12-5-7-14(11(2)9-12)18-23(3,21)22/h4-9,18-19H,1-3H3,(H,17,20). The van der Waals surface area contributed by atoms with Crippen LogP contribution in [0.1, 0.15) is 21.5 Å². The Morgan fingerprint density at radius 1 is 1.09 bits per heavy atom. The van der Waals surface area contributed by atoms with Gasteiger partial charge in [-0.05, 0) is 55.3 Å². The van der Waals surface area contributed by atoms with Crippen molar-refractivity contribution in [3.05, 3.63) is 53.1 Å². The molecule has 0 aromatic heterocycles. The normalized spacial score (nSPS) is 11.1. The number of anilines is 2. The lowest BCUT2D eigenvalue weighted by atomic mass is 10.1. The Kier molecular flexibility index (Phi) is 4.60. The van der Waals surface area contributed by atoms with E-state index in [1.165, 1.54) is 6.07 Å². The number of amides is 1. The molecule has 2 aromatic rings. The van der Waals surface area contributed by atoms with Gasteiger partial charge >= 0.3 is 0 Å². The number of hydrogen-bond donors (Lipinski definition) is 3. The quantitative estimate of drug-likeness (QED) is 0.801. The van der Waals surface area contributed by atoms with E-state index in [0.29, 0.717) is 16.9 Å². The van der Waals surface area contributed by atoms with Crippen LogP contribution in [0.15, 0.2) is 36.4 Å². The van der Waals surface area contributed by atoms with Crippen LogP contribution in [0.25, 0.3) is 0 Å². The van der Waals surface area contributed by atoms with Gasteiger partial charge in [0.05, 0.1) is 17.5 Å². The van der Waals surface area contributed by atoms with E-state index < -0.39 is 15.9 Å². The number of rotatable bonds is 4. The van der Waals surface area contributed by atoms with Gasteiger partial charge in [-0.15, -0.1) is 0 Å². The smallest absolute Gasteiger partial charge is 0.259 e. The Bertz CT molecular complexity index is 860. The molecule has 0 unspecified atom stereocenters. The van der Waals surface area contributed by atoms with Crippen LogP contribution in [0.3, 0.4) is 0 Å². The molecule has 7 heteroatoms. The summed E-state index contributed by atoms with van der Waals surface area (Å²) in [6.45, 7) is 3.55. The van der Waals surface area contributed by atoms with E-state index in [1.807, 2.05) is 6.92 Å². The summed E-state index contributed by atoms with van der Waals surface area (Å²) in [4.78, 5) is 12.2. The Morgan fingerprint density at radius 2 is 1.78 bits per heavy atom. The predicted molar refractivity (Wildman–Crippen MR) is 90.4 cm³/mol. The van der Waals surface area contributed by atoms with Crippen molar-refractivity contribution in [2.75, 3.05) is 16.3 Å². The highest BCUT2D eigenvalue weighted by atomic mass is 32.2. The SMILES string of the molecule is Cc1ccc(C(=O)Nc2ccc(NS(C)(=O)=O)c(C)c2)c(O)c1. The van der Waals surface area contributed by atoms with Crippen LogP contribution in [0.5, 0.6) is 5.75 Å². The number of benzene rings is 2. The predicted octanol–water partition coefficient (Wildman–Crippen LogP) is 2.63. The largest absolute Gasteiger partial charge is 0.507 e. The van der Waals surface area contributed by atoms with E-state index in [-0.39, 0.29) is 11.3 Å². The van der Waals surface area contributed by atoms with Crippen molar-refractivity contribution in [1.29, 1.82) is 0 Å². The fraction of sp³-hybridized carbons (Fsp3) is 0.188. The summed E-state index contributed by atoms with van der Waals surface area (Å²) in [6.07, 6.45) is 1.07. The summed E-state index contributed by atoms with van der Waals surface area (Å²) >= 11 is 0. The van der Waals surface area contributed by atoms with Gasteiger partial charge in [0.15, 0.2) is 0 Å². The monoisotopic (exact) mass is 334 g/mol. The van der Waals surface area contributed by atoms with E-state index in [2.05, 4.69) is 10.0 Å². The zero-order chi connectivity index (χ0) is 17.2. The molecule has 122 valence electrons. The van der Waals surface area contributed by atoms with Gasteiger partial charge in [-0.25, -0.2) is 8.42 Å². The topological polar surface area (TPSA) is 95.5 Å². The maximum atomic E-state index is 12.2. The first-order valence-electron chi connectivity index (χ1n) is 6.85. The minimum Gasteiger partial charge on any atom is -0.507 e. The van der Waals surface area contributed by atoms with Gasteiger partial charge in [0.1, 0.15) is 5.75 Å². The van der Waals surface area contributed by atoms with E-state index in [1.54, 1.807) is 37.3 Å². The first kappa shape index (κ1) is 16.8. The second kappa shape index (κ2) is 6.29. The van der Waals surface area contributed by atoms with Gasteiger partial charge < -0.3 is 10.4 Å². The van der Waals surface area contributed by atoms with Gasteiger partial charge in [0, 0.05) is 5.69 Å². The molecule has 0 heterocycles. The summed E-state index contributed by atoms with van der Waals surface area (Å²) in [5, 5.41) is 12.5. The lowest BCUT2D eigenvalue weighted by Crippen LogP contribution is -2.13. The van der Waals surface area contributed by atoms with Gasteiger partial charge in [0.25, 0.3) is 5.91 Å².